The highest BCUT2D eigenvalue weighted by atomic mass is 16.7. The zero-order valence-electron chi connectivity index (χ0n) is 17.4. The molecule has 1 unspecified atom stereocenters. The van der Waals surface area contributed by atoms with Crippen molar-refractivity contribution in [2.45, 2.75) is 50.8 Å². The summed E-state index contributed by atoms with van der Waals surface area (Å²) in [7, 11) is 0. The first-order chi connectivity index (χ1) is 14.8. The minimum atomic E-state index is -1.20. The van der Waals surface area contributed by atoms with Crippen LogP contribution in [0.3, 0.4) is 0 Å². The van der Waals surface area contributed by atoms with Crippen LogP contribution in [0.5, 0.6) is 0 Å². The van der Waals surface area contributed by atoms with Crippen LogP contribution >= 0.6 is 0 Å². The van der Waals surface area contributed by atoms with Gasteiger partial charge in [-0.3, -0.25) is 15.0 Å². The van der Waals surface area contributed by atoms with Gasteiger partial charge in [0, 0.05) is 12.1 Å². The van der Waals surface area contributed by atoms with Crippen LogP contribution in [0.25, 0.3) is 0 Å². The topological polar surface area (TPSA) is 179 Å². The van der Waals surface area contributed by atoms with E-state index in [1.807, 2.05) is 19.1 Å². The molecule has 0 spiro atoms. The molecule has 1 saturated heterocycles. The zero-order chi connectivity index (χ0) is 22.8. The average Bonchev–Trinajstić information content (AvgIpc) is 3.20. The van der Waals surface area contributed by atoms with E-state index in [9.17, 15) is 14.4 Å². The van der Waals surface area contributed by atoms with Gasteiger partial charge in [0.05, 0.1) is 25.2 Å². The van der Waals surface area contributed by atoms with Crippen molar-refractivity contribution in [1.82, 2.24) is 10.8 Å². The molecule has 11 heteroatoms. The first-order valence-corrected chi connectivity index (χ1v) is 10.1. The van der Waals surface area contributed by atoms with E-state index in [0.717, 1.165) is 12.0 Å². The number of benzene rings is 1. The Kier molecular flexibility index (Phi) is 9.38. The molecule has 1 fully saturated rings. The van der Waals surface area contributed by atoms with Crippen molar-refractivity contribution < 1.29 is 28.7 Å². The van der Waals surface area contributed by atoms with Crippen LogP contribution in [-0.2, 0) is 23.9 Å². The number of unbranched alkanes of at least 4 members (excludes halogenated alkanes) is 1. The van der Waals surface area contributed by atoms with Crippen LogP contribution in [-0.4, -0.2) is 49.2 Å². The molecule has 1 aliphatic heterocycles. The monoisotopic (exact) mass is 435 g/mol. The number of carbonyl (C=O) groups is 3. The van der Waals surface area contributed by atoms with E-state index in [-0.39, 0.29) is 43.5 Å². The summed E-state index contributed by atoms with van der Waals surface area (Å²) in [6.07, 6.45) is 0.649. The maximum absolute atomic E-state index is 12.1. The van der Waals surface area contributed by atoms with Crippen molar-refractivity contribution >= 4 is 23.9 Å². The highest BCUT2D eigenvalue weighted by Gasteiger charge is 2.29. The van der Waals surface area contributed by atoms with Crippen molar-refractivity contribution in [3.05, 3.63) is 35.4 Å². The van der Waals surface area contributed by atoms with E-state index in [1.165, 1.54) is 0 Å². The van der Waals surface area contributed by atoms with E-state index >= 15 is 0 Å². The summed E-state index contributed by atoms with van der Waals surface area (Å²) >= 11 is 0. The summed E-state index contributed by atoms with van der Waals surface area (Å²) in [4.78, 5) is 40.7. The minimum Gasteiger partial charge on any atom is -0.434 e. The lowest BCUT2D eigenvalue weighted by atomic mass is 9.99. The standard InChI is InChI=1S/C20H29N5O6/c1-2-3-8-29-20(28)30-19(27)15(21)11-24-17(26)10-14-9-16(25-31-14)12-4-6-13(7-5-12)18(22)23/h4-7,14-16,25H,2-3,8-11,21H2,1H3,(H3,22,23)(H,24,26)/t14-,15?,16-/m0/s1. The van der Waals surface area contributed by atoms with Crippen molar-refractivity contribution in [1.29, 1.82) is 5.41 Å². The molecule has 0 aliphatic carbocycles. The Morgan fingerprint density at radius 3 is 2.68 bits per heavy atom. The molecule has 3 atom stereocenters. The Morgan fingerprint density at radius 2 is 2.03 bits per heavy atom. The normalized spacial score (nSPS) is 18.8. The van der Waals surface area contributed by atoms with E-state index in [1.54, 1.807) is 12.1 Å². The predicted octanol–water partition coefficient (Wildman–Crippen LogP) is 0.619. The Morgan fingerprint density at radius 1 is 1.32 bits per heavy atom. The van der Waals surface area contributed by atoms with Gasteiger partial charge in [-0.1, -0.05) is 37.6 Å². The van der Waals surface area contributed by atoms with Crippen molar-refractivity contribution in [2.24, 2.45) is 11.5 Å². The molecule has 7 N–H and O–H groups in total. The second-order valence-electron chi connectivity index (χ2n) is 7.17. The number of hydrogen-bond donors (Lipinski definition) is 5. The van der Waals surface area contributed by atoms with Crippen LogP contribution in [0.2, 0.25) is 0 Å². The molecular formula is C20H29N5O6. The van der Waals surface area contributed by atoms with Crippen molar-refractivity contribution in [3.8, 4) is 0 Å². The maximum atomic E-state index is 12.1. The van der Waals surface area contributed by atoms with E-state index in [2.05, 4.69) is 15.5 Å². The summed E-state index contributed by atoms with van der Waals surface area (Å²) < 4.78 is 9.20. The molecule has 31 heavy (non-hydrogen) atoms. The number of amides is 1. The van der Waals surface area contributed by atoms with Gasteiger partial charge in [0.2, 0.25) is 5.91 Å². The number of nitrogen functional groups attached to an aromatic ring is 1. The number of hydrogen-bond acceptors (Lipinski definition) is 9. The number of esters is 1. The number of amidine groups is 1. The maximum Gasteiger partial charge on any atom is 0.516 e. The fourth-order valence-electron chi connectivity index (χ4n) is 2.83. The number of nitrogens with one attached hydrogen (secondary N) is 3. The van der Waals surface area contributed by atoms with Gasteiger partial charge < -0.3 is 26.3 Å². The highest BCUT2D eigenvalue weighted by Crippen LogP contribution is 2.27. The quantitative estimate of drug-likeness (QED) is 0.116. The molecule has 0 radical (unpaired) electrons. The molecule has 1 amide bonds. The summed E-state index contributed by atoms with van der Waals surface area (Å²) in [6.45, 7) is 1.90. The molecule has 170 valence electrons. The first kappa shape index (κ1) is 24.3. The molecule has 1 heterocycles. The smallest absolute Gasteiger partial charge is 0.434 e. The molecule has 1 aromatic carbocycles. The SMILES string of the molecule is CCCCOC(=O)OC(=O)C(N)CNC(=O)C[C@@H]1C[C@@H](c2ccc(C(=N)N)cc2)NO1. The molecule has 0 bridgehead atoms. The van der Waals surface area contributed by atoms with Crippen molar-refractivity contribution in [2.75, 3.05) is 13.2 Å². The van der Waals surface area contributed by atoms with Crippen LogP contribution < -0.4 is 22.3 Å². The molecule has 1 aliphatic rings. The van der Waals surface area contributed by atoms with Crippen LogP contribution in [0.1, 0.15) is 49.8 Å². The Labute approximate surface area is 180 Å². The fraction of sp³-hybridized carbons (Fsp3) is 0.500. The second-order valence-corrected chi connectivity index (χ2v) is 7.17. The van der Waals surface area contributed by atoms with Gasteiger partial charge in [-0.2, -0.15) is 5.48 Å². The fourth-order valence-corrected chi connectivity index (χ4v) is 2.83. The van der Waals surface area contributed by atoms with Gasteiger partial charge in [-0.25, -0.2) is 9.59 Å². The van der Waals surface area contributed by atoms with E-state index in [0.29, 0.717) is 18.4 Å². The van der Waals surface area contributed by atoms with Crippen molar-refractivity contribution in [3.63, 3.8) is 0 Å². The lowest BCUT2D eigenvalue weighted by molar-refractivity contribution is -0.141. The highest BCUT2D eigenvalue weighted by molar-refractivity contribution is 5.94. The summed E-state index contributed by atoms with van der Waals surface area (Å²) in [5, 5.41) is 9.95. The number of nitrogens with two attached hydrogens (primary N) is 2. The number of carbonyl (C=O) groups excluding carboxylic acids is 3. The third kappa shape index (κ3) is 7.96. The van der Waals surface area contributed by atoms with Crippen LogP contribution in [0.4, 0.5) is 4.79 Å². The third-order valence-electron chi connectivity index (χ3n) is 4.64. The van der Waals surface area contributed by atoms with Gasteiger partial charge >= 0.3 is 12.1 Å². The molecule has 0 aromatic heterocycles. The van der Waals surface area contributed by atoms with Crippen LogP contribution in [0, 0.1) is 5.41 Å². The predicted molar refractivity (Wildman–Crippen MR) is 111 cm³/mol. The lowest BCUT2D eigenvalue weighted by Gasteiger charge is -2.13. The molecule has 2 rings (SSSR count). The Hall–Kier alpha value is -3.02. The van der Waals surface area contributed by atoms with Gasteiger partial charge in [-0.05, 0) is 18.4 Å². The second kappa shape index (κ2) is 12.0. The summed E-state index contributed by atoms with van der Waals surface area (Å²) in [6, 6.07) is 5.89. The molecule has 1 aromatic rings. The van der Waals surface area contributed by atoms with E-state index in [4.69, 9.17) is 26.5 Å². The number of rotatable bonds is 10. The Bertz CT molecular complexity index is 785. The molecular weight excluding hydrogens is 406 g/mol. The third-order valence-corrected chi connectivity index (χ3v) is 4.64. The van der Waals surface area contributed by atoms with Gasteiger partial charge in [0.25, 0.3) is 0 Å². The average molecular weight is 435 g/mol. The van der Waals surface area contributed by atoms with Crippen LogP contribution in [0.15, 0.2) is 24.3 Å². The lowest BCUT2D eigenvalue weighted by Crippen LogP contribution is -2.44. The molecule has 11 nitrogen and oxygen atoms in total. The first-order valence-electron chi connectivity index (χ1n) is 10.1. The Balaban J connectivity index is 1.69. The van der Waals surface area contributed by atoms with E-state index < -0.39 is 18.2 Å². The summed E-state index contributed by atoms with van der Waals surface area (Å²) in [5.41, 5.74) is 15.6. The minimum absolute atomic E-state index is 0.00722. The molecule has 0 saturated carbocycles. The summed E-state index contributed by atoms with van der Waals surface area (Å²) in [5.74, 6) is -1.34. The van der Waals surface area contributed by atoms with Gasteiger partial charge in [0.15, 0.2) is 0 Å². The van der Waals surface area contributed by atoms with Gasteiger partial charge in [0.1, 0.15) is 11.9 Å². The largest absolute Gasteiger partial charge is 0.516 e. The number of hydroxylamine groups is 1. The zero-order valence-corrected chi connectivity index (χ0v) is 17.4. The van der Waals surface area contributed by atoms with Gasteiger partial charge in [-0.15, -0.1) is 0 Å². The number of ether oxygens (including phenoxy) is 2.